The molecule has 662 valence electrons. The van der Waals surface area contributed by atoms with E-state index in [1.807, 2.05) is 155 Å². The standard InChI is InChI=1S/5C11H15N3.C11H14N2.C10H14N4.C10H13N3.C7H7N3.C5H12/c1-11(2,3)8-7-14(4)10-9(8)12-5-6-13-10;1-11(2,3)9-5-6-12-10-8(9)7-13-14(10)4;1-11(2,3)9-8-5-6-14(4)10(8)13-7-12-9;1-8-13-10(11(2,3)4)9-7-12-5-6-14(8)9;1-11(2,3)9-8-6-5-7-12-10(8)14(4)13-9;1-11(2,3)10-7-6-9-5-4-8-13(9)12-10;1-10(2,3)8-7-5-13-14(4)9(7)12-6-11-8;1-10(2,3)8-4-5-13-7-11-12-9(13)6-8;1-10-5-9-6-3-2-4-8-7(6)10;1-5(2,3)4/h5*5-7H,1-4H3;4-8H,1-3H3;5-6H,1-4H3;4-7H,1-3H3;2-5H,1H3;1-4H3. The second-order valence-corrected chi connectivity index (χ2v) is 41.4. The van der Waals surface area contributed by atoms with Crippen molar-refractivity contribution < 1.29 is 0 Å². The third-order valence-electron chi connectivity index (χ3n) is 19.9. The van der Waals surface area contributed by atoms with Gasteiger partial charge in [-0.1, -0.05) is 194 Å². The zero-order valence-corrected chi connectivity index (χ0v) is 80.9. The van der Waals surface area contributed by atoms with Crippen LogP contribution in [0.2, 0.25) is 0 Å². The maximum absolute atomic E-state index is 4.58. The third kappa shape index (κ3) is 25.0. The molecule has 125 heavy (non-hydrogen) atoms. The Hall–Kier alpha value is -12.4. The number of pyridine rings is 4. The average molecular weight is 1690 g/mol. The number of aryl methyl sites for hydroxylation is 7. The molecule has 0 aromatic carbocycles. The van der Waals surface area contributed by atoms with Gasteiger partial charge in [0.15, 0.2) is 33.9 Å². The van der Waals surface area contributed by atoms with E-state index in [1.165, 1.54) is 16.7 Å². The molecular weight excluding hydrogens is 1560 g/mol. The summed E-state index contributed by atoms with van der Waals surface area (Å²) in [5.41, 5.74) is 21.5. The lowest BCUT2D eigenvalue weighted by molar-refractivity contribution is 0.469. The molecule has 0 aliphatic heterocycles. The molecule has 0 saturated heterocycles. The number of hydrogen-bond acceptors (Lipinski definition) is 18. The van der Waals surface area contributed by atoms with Crippen molar-refractivity contribution in [1.29, 1.82) is 0 Å². The zero-order chi connectivity index (χ0) is 92.5. The van der Waals surface area contributed by atoms with Crippen LogP contribution in [0.15, 0.2) is 185 Å². The smallest absolute Gasteiger partial charge is 0.161 e. The number of fused-ring (bicyclic) bond motifs is 9. The largest absolute Gasteiger partial charge is 0.335 e. The molecule has 0 radical (unpaired) electrons. The van der Waals surface area contributed by atoms with E-state index < -0.39 is 0 Å². The molecule has 18 aromatic heterocycles. The fraction of sp³-hybridized carbons (Fsp3) is 0.449. The highest BCUT2D eigenvalue weighted by molar-refractivity contribution is 5.82. The van der Waals surface area contributed by atoms with Gasteiger partial charge in [0, 0.05) is 159 Å². The zero-order valence-electron chi connectivity index (χ0n) is 80.9. The topological polar surface area (TPSA) is 275 Å². The van der Waals surface area contributed by atoms with Crippen LogP contribution in [0.4, 0.5) is 0 Å². The molecule has 27 heteroatoms. The van der Waals surface area contributed by atoms with Gasteiger partial charge in [-0.3, -0.25) is 28.4 Å². The Morgan fingerprint density at radius 3 is 1.50 bits per heavy atom. The first kappa shape index (κ1) is 96.4. The molecule has 0 N–H and O–H groups in total. The van der Waals surface area contributed by atoms with E-state index >= 15 is 0 Å². The molecular formula is C98H135N27. The van der Waals surface area contributed by atoms with E-state index in [2.05, 4.69) is 343 Å². The maximum Gasteiger partial charge on any atom is 0.161 e. The Kier molecular flexibility index (Phi) is 29.6. The Balaban J connectivity index is 0.000000158. The molecule has 0 amide bonds. The fourth-order valence-electron chi connectivity index (χ4n) is 13.4. The summed E-state index contributed by atoms with van der Waals surface area (Å²) in [6, 6.07) is 24.5. The van der Waals surface area contributed by atoms with Gasteiger partial charge < -0.3 is 18.1 Å². The van der Waals surface area contributed by atoms with Crippen molar-refractivity contribution in [3.63, 3.8) is 0 Å². The molecule has 0 unspecified atom stereocenters. The molecule has 0 aliphatic carbocycles. The van der Waals surface area contributed by atoms with Crippen molar-refractivity contribution in [3.8, 4) is 0 Å². The first-order valence-electron chi connectivity index (χ1n) is 42.5. The minimum Gasteiger partial charge on any atom is -0.335 e. The summed E-state index contributed by atoms with van der Waals surface area (Å²) in [6.45, 7) is 63.0. The summed E-state index contributed by atoms with van der Waals surface area (Å²) in [5, 5.41) is 29.8. The average Bonchev–Trinajstić information content (AvgIpc) is 1.94. The van der Waals surface area contributed by atoms with E-state index in [0.717, 1.165) is 117 Å². The van der Waals surface area contributed by atoms with E-state index in [4.69, 9.17) is 0 Å². The quantitative estimate of drug-likeness (QED) is 0.136. The molecule has 18 rings (SSSR count). The van der Waals surface area contributed by atoms with Crippen molar-refractivity contribution in [2.75, 3.05) is 0 Å². The first-order valence-corrected chi connectivity index (χ1v) is 42.5. The van der Waals surface area contributed by atoms with Crippen LogP contribution in [0.3, 0.4) is 0 Å². The lowest BCUT2D eigenvalue weighted by Gasteiger charge is -2.19. The first-order chi connectivity index (χ1) is 58.0. The van der Waals surface area contributed by atoms with E-state index in [9.17, 15) is 0 Å². The lowest BCUT2D eigenvalue weighted by atomic mass is 9.86. The predicted octanol–water partition coefficient (Wildman–Crippen LogP) is 20.7. The summed E-state index contributed by atoms with van der Waals surface area (Å²) >= 11 is 0. The summed E-state index contributed by atoms with van der Waals surface area (Å²) < 4.78 is 17.3. The Bertz CT molecular complexity index is 6020. The SMILES string of the molecule is CC(C)(C)C.CC(C)(C)c1ccc2cccn2n1.CC(C)(C)c1ccn2cnnc2c1.Cc1nc(C(C)(C)C)c2cnccn12.Cn1cc(C(C)(C)C)c2nccnc21.Cn1ccc2c(C(C)(C)C)ncnc21.Cn1cnc2cccnc21.Cn1nc(C(C)(C)C)c2cccnc21.Cn1ncc2c(C(C)(C)C)ccnc21.Cn1ncc2c(C(C)(C)C)ncnc21. The van der Waals surface area contributed by atoms with E-state index in [1.54, 1.807) is 61.0 Å². The molecule has 18 aromatic rings. The predicted molar refractivity (Wildman–Crippen MR) is 509 cm³/mol. The van der Waals surface area contributed by atoms with Gasteiger partial charge in [-0.25, -0.2) is 54.4 Å². The molecule has 0 aliphatic rings. The van der Waals surface area contributed by atoms with Crippen molar-refractivity contribution in [1.82, 2.24) is 131 Å². The van der Waals surface area contributed by atoms with Crippen LogP contribution in [-0.2, 0) is 85.6 Å². The monoisotopic (exact) mass is 1690 g/mol. The normalized spacial score (nSPS) is 12.1. The highest BCUT2D eigenvalue weighted by Gasteiger charge is 2.27. The second kappa shape index (κ2) is 38.4. The van der Waals surface area contributed by atoms with Crippen molar-refractivity contribution >= 4 is 83.1 Å². The minimum atomic E-state index is 0.0320. The van der Waals surface area contributed by atoms with Crippen LogP contribution in [-0.4, -0.2) is 131 Å². The molecule has 0 fully saturated rings. The van der Waals surface area contributed by atoms with Crippen LogP contribution >= 0.6 is 0 Å². The Morgan fingerprint density at radius 2 is 0.904 bits per heavy atom. The van der Waals surface area contributed by atoms with Gasteiger partial charge in [-0.15, -0.1) is 10.2 Å². The maximum atomic E-state index is 4.58. The van der Waals surface area contributed by atoms with Crippen LogP contribution < -0.4 is 0 Å². The van der Waals surface area contributed by atoms with Gasteiger partial charge in [0.05, 0.1) is 69.8 Å². The lowest BCUT2D eigenvalue weighted by Crippen LogP contribution is -2.14. The Labute approximate surface area is 738 Å². The van der Waals surface area contributed by atoms with Gasteiger partial charge >= 0.3 is 0 Å². The molecule has 0 atom stereocenters. The van der Waals surface area contributed by atoms with E-state index in [0.29, 0.717) is 5.41 Å². The number of imidazole rings is 2. The highest BCUT2D eigenvalue weighted by Crippen LogP contribution is 2.34. The molecule has 0 saturated carbocycles. The summed E-state index contributed by atoms with van der Waals surface area (Å²) in [6.07, 6.45) is 33.1. The van der Waals surface area contributed by atoms with Gasteiger partial charge in [0.1, 0.15) is 41.5 Å². The summed E-state index contributed by atoms with van der Waals surface area (Å²) in [5.74, 6) is 1.02. The van der Waals surface area contributed by atoms with Crippen LogP contribution in [0, 0.1) is 12.3 Å². The second-order valence-electron chi connectivity index (χ2n) is 41.4. The number of hydrogen-bond donors (Lipinski definition) is 0. The molecule has 27 nitrogen and oxygen atoms in total. The van der Waals surface area contributed by atoms with Crippen molar-refractivity contribution in [2.45, 2.75) is 244 Å². The summed E-state index contributed by atoms with van der Waals surface area (Å²) in [7, 11) is 11.7. The molecule has 0 spiro atoms. The van der Waals surface area contributed by atoms with Crippen molar-refractivity contribution in [2.24, 2.45) is 47.7 Å². The number of nitrogens with zero attached hydrogens (tertiary/aromatic N) is 27. The number of aromatic nitrogens is 27. The summed E-state index contributed by atoms with van der Waals surface area (Å²) in [4.78, 5) is 51.5. The molecule has 0 bridgehead atoms. The van der Waals surface area contributed by atoms with Gasteiger partial charge in [0.2, 0.25) is 0 Å². The third-order valence-corrected chi connectivity index (χ3v) is 19.9. The number of rotatable bonds is 0. The minimum absolute atomic E-state index is 0.0320. The van der Waals surface area contributed by atoms with E-state index in [-0.39, 0.29) is 43.3 Å². The highest BCUT2D eigenvalue weighted by atomic mass is 15.3. The molecule has 18 heterocycles. The Morgan fingerprint density at radius 1 is 0.352 bits per heavy atom. The van der Waals surface area contributed by atoms with Crippen LogP contribution in [0.25, 0.3) is 83.1 Å². The van der Waals surface area contributed by atoms with Gasteiger partial charge in [-0.2, -0.15) is 20.4 Å². The van der Waals surface area contributed by atoms with Crippen molar-refractivity contribution in [3.05, 3.63) is 236 Å². The van der Waals surface area contributed by atoms with Gasteiger partial charge in [-0.05, 0) is 113 Å². The fourth-order valence-corrected chi connectivity index (χ4v) is 13.4. The van der Waals surface area contributed by atoms with Crippen LogP contribution in [0.1, 0.15) is 245 Å². The van der Waals surface area contributed by atoms with Crippen LogP contribution in [0.5, 0.6) is 0 Å². The van der Waals surface area contributed by atoms with Gasteiger partial charge in [0.25, 0.3) is 0 Å².